The van der Waals surface area contributed by atoms with Crippen molar-refractivity contribution in [3.05, 3.63) is 77.6 Å². The van der Waals surface area contributed by atoms with E-state index in [1.165, 1.54) is 19.4 Å². The normalized spacial score (nSPS) is 11.8. The molecule has 2 aromatic carbocycles. The lowest BCUT2D eigenvalue weighted by atomic mass is 10.0. The summed E-state index contributed by atoms with van der Waals surface area (Å²) >= 11 is 0. The lowest BCUT2D eigenvalue weighted by molar-refractivity contribution is 0.383. The zero-order chi connectivity index (χ0) is 23.8. The molecular weight excluding hydrogens is 448 g/mol. The number of imidazole rings is 1. The van der Waals surface area contributed by atoms with Gasteiger partial charge in [-0.1, -0.05) is 19.1 Å². The van der Waals surface area contributed by atoms with Crippen molar-refractivity contribution in [1.29, 1.82) is 0 Å². The van der Waals surface area contributed by atoms with Crippen LogP contribution in [0, 0.1) is 11.6 Å². The van der Waals surface area contributed by atoms with Gasteiger partial charge in [-0.05, 0) is 42.2 Å². The Morgan fingerprint density at radius 3 is 2.39 bits per heavy atom. The monoisotopic (exact) mass is 471 g/mol. The molecule has 0 aliphatic heterocycles. The van der Waals surface area contributed by atoms with E-state index in [4.69, 9.17) is 4.74 Å². The summed E-state index contributed by atoms with van der Waals surface area (Å²) in [5.41, 5.74) is 3.71. The summed E-state index contributed by atoms with van der Waals surface area (Å²) in [5.74, 6) is -0.704. The molecule has 33 heavy (non-hydrogen) atoms. The highest BCUT2D eigenvalue weighted by Gasteiger charge is 2.16. The van der Waals surface area contributed by atoms with Crippen LogP contribution in [-0.4, -0.2) is 36.2 Å². The fourth-order valence-corrected chi connectivity index (χ4v) is 4.46. The topological polar surface area (TPSA) is 73.6 Å². The Balaban J connectivity index is 1.72. The van der Waals surface area contributed by atoms with Crippen molar-refractivity contribution >= 4 is 15.4 Å². The minimum atomic E-state index is -3.29. The number of nitrogens with zero attached hydrogens (tertiary/aromatic N) is 3. The summed E-state index contributed by atoms with van der Waals surface area (Å²) in [6.07, 6.45) is 5.97. The lowest BCUT2D eigenvalue weighted by Gasteiger charge is -2.12. The molecule has 0 spiro atoms. The van der Waals surface area contributed by atoms with Gasteiger partial charge in [0.1, 0.15) is 18.0 Å². The number of ether oxygens (including phenoxy) is 1. The first kappa shape index (κ1) is 22.8. The van der Waals surface area contributed by atoms with Gasteiger partial charge in [-0.25, -0.2) is 27.2 Å². The van der Waals surface area contributed by atoms with Crippen LogP contribution in [0.25, 0.3) is 16.6 Å². The van der Waals surface area contributed by atoms with Crippen LogP contribution < -0.4 is 4.74 Å². The van der Waals surface area contributed by atoms with Crippen molar-refractivity contribution in [2.24, 2.45) is 0 Å². The minimum absolute atomic E-state index is 0.00621. The fraction of sp³-hybridized carbons (Fsp3) is 0.250. The molecule has 0 aliphatic carbocycles. The first-order valence-electron chi connectivity index (χ1n) is 10.4. The van der Waals surface area contributed by atoms with Crippen LogP contribution in [0.5, 0.6) is 5.75 Å². The SMILES string of the molecule is CCc1ncn2c(CCc3cc(OC)c(F)cc3F)ncc(-c3ccc(S(C)(=O)=O)cc3)c12. The highest BCUT2D eigenvalue weighted by atomic mass is 32.2. The number of aromatic nitrogens is 3. The van der Waals surface area contributed by atoms with Gasteiger partial charge >= 0.3 is 0 Å². The Morgan fingerprint density at radius 2 is 1.76 bits per heavy atom. The Bertz CT molecular complexity index is 1430. The Labute approximate surface area is 190 Å². The van der Waals surface area contributed by atoms with Gasteiger partial charge in [-0.2, -0.15) is 0 Å². The Hall–Kier alpha value is -3.33. The number of methoxy groups -OCH3 is 1. The van der Waals surface area contributed by atoms with E-state index in [1.54, 1.807) is 36.8 Å². The smallest absolute Gasteiger partial charge is 0.175 e. The second-order valence-electron chi connectivity index (χ2n) is 7.73. The average Bonchev–Trinajstić information content (AvgIpc) is 3.22. The molecule has 0 aliphatic rings. The van der Waals surface area contributed by atoms with Crippen molar-refractivity contribution in [2.75, 3.05) is 13.4 Å². The first-order chi connectivity index (χ1) is 15.7. The van der Waals surface area contributed by atoms with E-state index in [1.807, 2.05) is 11.3 Å². The summed E-state index contributed by atoms with van der Waals surface area (Å²) in [5, 5.41) is 0. The third-order valence-electron chi connectivity index (χ3n) is 5.59. The van der Waals surface area contributed by atoms with E-state index >= 15 is 0 Å². The van der Waals surface area contributed by atoms with Gasteiger partial charge in [0.05, 0.1) is 23.2 Å². The van der Waals surface area contributed by atoms with E-state index < -0.39 is 21.5 Å². The molecule has 0 unspecified atom stereocenters. The lowest BCUT2D eigenvalue weighted by Crippen LogP contribution is -2.05. The van der Waals surface area contributed by atoms with Crippen molar-refractivity contribution < 1.29 is 21.9 Å². The molecule has 0 N–H and O–H groups in total. The van der Waals surface area contributed by atoms with Crippen LogP contribution in [0.4, 0.5) is 8.78 Å². The molecule has 0 bridgehead atoms. The van der Waals surface area contributed by atoms with E-state index in [9.17, 15) is 17.2 Å². The molecule has 4 rings (SSSR count). The summed E-state index contributed by atoms with van der Waals surface area (Å²) in [4.78, 5) is 9.34. The number of benzene rings is 2. The van der Waals surface area contributed by atoms with Crippen LogP contribution in [0.2, 0.25) is 0 Å². The largest absolute Gasteiger partial charge is 0.494 e. The summed E-state index contributed by atoms with van der Waals surface area (Å²) in [6.45, 7) is 2.00. The maximum Gasteiger partial charge on any atom is 0.175 e. The Morgan fingerprint density at radius 1 is 1.03 bits per heavy atom. The van der Waals surface area contributed by atoms with Gasteiger partial charge in [0.15, 0.2) is 21.4 Å². The maximum absolute atomic E-state index is 14.3. The van der Waals surface area contributed by atoms with Crippen molar-refractivity contribution in [3.8, 4) is 16.9 Å². The predicted octanol–water partition coefficient (Wildman–Crippen LogP) is 4.43. The molecule has 0 amide bonds. The van der Waals surface area contributed by atoms with Gasteiger partial charge in [0, 0.05) is 30.5 Å². The van der Waals surface area contributed by atoms with Gasteiger partial charge in [-0.15, -0.1) is 0 Å². The second kappa shape index (κ2) is 8.90. The molecule has 0 saturated carbocycles. The standard InChI is InChI=1S/C24H23F2N3O3S/c1-4-21-24-18(15-5-8-17(9-6-15)33(3,30)31)13-27-23(29(24)14-28-21)10-7-16-11-22(32-2)20(26)12-19(16)25/h5-6,8-9,11-14H,4,7,10H2,1-3H3. The number of aryl methyl sites for hydroxylation is 3. The third kappa shape index (κ3) is 4.45. The average molecular weight is 472 g/mol. The second-order valence-corrected chi connectivity index (χ2v) is 9.74. The summed E-state index contributed by atoms with van der Waals surface area (Å²) in [6, 6.07) is 8.83. The molecule has 6 nitrogen and oxygen atoms in total. The summed E-state index contributed by atoms with van der Waals surface area (Å²) in [7, 11) is -1.96. The maximum atomic E-state index is 14.3. The number of fused-ring (bicyclic) bond motifs is 1. The number of hydrogen-bond donors (Lipinski definition) is 0. The molecule has 2 heterocycles. The number of hydrogen-bond acceptors (Lipinski definition) is 5. The van der Waals surface area contributed by atoms with Crippen LogP contribution >= 0.6 is 0 Å². The van der Waals surface area contributed by atoms with Crippen LogP contribution in [-0.2, 0) is 29.1 Å². The third-order valence-corrected chi connectivity index (χ3v) is 6.71. The number of rotatable bonds is 7. The molecule has 0 saturated heterocycles. The molecule has 0 fully saturated rings. The van der Waals surface area contributed by atoms with Crippen LogP contribution in [0.1, 0.15) is 24.0 Å². The van der Waals surface area contributed by atoms with Gasteiger partial charge in [0.2, 0.25) is 0 Å². The zero-order valence-electron chi connectivity index (χ0n) is 18.5. The number of sulfone groups is 1. The molecular formula is C24H23F2N3O3S. The van der Waals surface area contributed by atoms with Gasteiger partial charge in [0.25, 0.3) is 0 Å². The van der Waals surface area contributed by atoms with Crippen molar-refractivity contribution in [1.82, 2.24) is 14.4 Å². The summed E-state index contributed by atoms with van der Waals surface area (Å²) < 4.78 is 58.4. The van der Waals surface area contributed by atoms with E-state index in [2.05, 4.69) is 9.97 Å². The highest BCUT2D eigenvalue weighted by molar-refractivity contribution is 7.90. The molecule has 4 aromatic rings. The fourth-order valence-electron chi connectivity index (χ4n) is 3.83. The highest BCUT2D eigenvalue weighted by Crippen LogP contribution is 2.29. The Kier molecular flexibility index (Phi) is 6.16. The van der Waals surface area contributed by atoms with Crippen LogP contribution in [0.3, 0.4) is 0 Å². The molecule has 0 atom stereocenters. The molecule has 9 heteroatoms. The molecule has 0 radical (unpaired) electrons. The van der Waals surface area contributed by atoms with Crippen LogP contribution in [0.15, 0.2) is 53.8 Å². The van der Waals surface area contributed by atoms with Gasteiger partial charge in [-0.3, -0.25) is 4.40 Å². The van der Waals surface area contributed by atoms with E-state index in [0.29, 0.717) is 30.7 Å². The van der Waals surface area contributed by atoms with Crippen molar-refractivity contribution in [2.45, 2.75) is 31.1 Å². The van der Waals surface area contributed by atoms with Gasteiger partial charge < -0.3 is 4.74 Å². The molecule has 172 valence electrons. The quantitative estimate of drug-likeness (QED) is 0.399. The number of halogens is 2. The van der Waals surface area contributed by atoms with E-state index in [-0.39, 0.29) is 10.6 Å². The van der Waals surface area contributed by atoms with Crippen molar-refractivity contribution in [3.63, 3.8) is 0 Å². The first-order valence-corrected chi connectivity index (χ1v) is 12.3. The minimum Gasteiger partial charge on any atom is -0.494 e. The zero-order valence-corrected chi connectivity index (χ0v) is 19.3. The van der Waals surface area contributed by atoms with E-state index in [0.717, 1.165) is 28.4 Å². The molecule has 2 aromatic heterocycles. The predicted molar refractivity (Wildman–Crippen MR) is 121 cm³/mol.